The molecule has 0 aliphatic carbocycles. The zero-order chi connectivity index (χ0) is 25.8. The molecule has 2 aliphatic rings. The second-order valence-electron chi connectivity index (χ2n) is 7.49. The molecule has 2 fully saturated rings. The Kier molecular flexibility index (Phi) is 10.4. The van der Waals surface area contributed by atoms with Gasteiger partial charge in [0.15, 0.2) is 17.5 Å². The van der Waals surface area contributed by atoms with Crippen LogP contribution in [0.1, 0.15) is 25.0 Å². The first-order valence-corrected chi connectivity index (χ1v) is 12.5. The zero-order valence-electron chi connectivity index (χ0n) is 18.2. The first-order chi connectivity index (χ1) is 16.5. The Morgan fingerprint density at radius 3 is 2.50 bits per heavy atom. The number of primary amides is 1. The van der Waals surface area contributed by atoms with Gasteiger partial charge in [-0.1, -0.05) is 5.16 Å². The van der Waals surface area contributed by atoms with E-state index in [1.807, 2.05) is 0 Å². The Morgan fingerprint density at radius 2 is 1.94 bits per heavy atom. The number of nitrogens with two attached hydrogens (primary N) is 2. The molecule has 2 atom stereocenters. The van der Waals surface area contributed by atoms with Crippen LogP contribution in [0.15, 0.2) is 10.5 Å². The molecule has 194 valence electrons. The molecule has 4 amide bonds. The van der Waals surface area contributed by atoms with E-state index in [0.717, 1.165) is 30.6 Å². The van der Waals surface area contributed by atoms with Gasteiger partial charge in [-0.25, -0.2) is 14.1 Å². The molecule has 3 rings (SSSR count). The van der Waals surface area contributed by atoms with Gasteiger partial charge in [0.1, 0.15) is 24.4 Å². The van der Waals surface area contributed by atoms with Crippen LogP contribution in [-0.2, 0) is 34.3 Å². The molecular weight excluding hydrogens is 533 g/mol. The average Bonchev–Trinajstić information content (AvgIpc) is 3.22. The van der Waals surface area contributed by atoms with E-state index >= 15 is 0 Å². The van der Waals surface area contributed by atoms with Crippen LogP contribution in [0.5, 0.6) is 0 Å². The molecule has 0 bridgehead atoms. The van der Waals surface area contributed by atoms with Gasteiger partial charge in [-0.2, -0.15) is 8.42 Å². The van der Waals surface area contributed by atoms with Gasteiger partial charge in [0, 0.05) is 18.5 Å². The van der Waals surface area contributed by atoms with Crippen molar-refractivity contribution >= 4 is 85.9 Å². The average molecular weight is 558 g/mol. The summed E-state index contributed by atoms with van der Waals surface area (Å²) >= 11 is 0.984. The fraction of sp³-hybridized carbons (Fsp3) is 0.529. The first kappa shape index (κ1) is 29.7. The minimum absolute atomic E-state index is 0. The molecule has 2 saturated heterocycles. The SMILES string of the molecule is NC(=O)OC[C@@H]1[C@H](NC(=O)/C(=N\OCC(=O)N2CCCCC2)c2csc(N)n2)C(=O)N1S(=O)(=O)O.[NaH]. The summed E-state index contributed by atoms with van der Waals surface area (Å²) in [7, 11) is -5.01. The van der Waals surface area contributed by atoms with Crippen molar-refractivity contribution in [3.8, 4) is 0 Å². The summed E-state index contributed by atoms with van der Waals surface area (Å²) in [5.74, 6) is -2.55. The molecule has 0 spiro atoms. The first-order valence-electron chi connectivity index (χ1n) is 10.2. The summed E-state index contributed by atoms with van der Waals surface area (Å²) in [5, 5.41) is 7.40. The molecule has 0 aromatic carbocycles. The van der Waals surface area contributed by atoms with Crippen LogP contribution < -0.4 is 16.8 Å². The van der Waals surface area contributed by atoms with Gasteiger partial charge in [0.05, 0.1) is 0 Å². The van der Waals surface area contributed by atoms with Crippen molar-refractivity contribution in [2.24, 2.45) is 10.9 Å². The van der Waals surface area contributed by atoms with E-state index in [4.69, 9.17) is 16.3 Å². The maximum absolute atomic E-state index is 12.9. The second kappa shape index (κ2) is 12.6. The number of hydrogen-bond acceptors (Lipinski definition) is 12. The summed E-state index contributed by atoms with van der Waals surface area (Å²) in [5.41, 5.74) is 10.0. The number of carbonyl (C=O) groups is 4. The number of piperidine rings is 1. The number of likely N-dealkylation sites (tertiary alicyclic amines) is 1. The molecule has 2 aliphatic heterocycles. The Balaban J connectivity index is 0.00000456. The number of anilines is 1. The molecular formula is C17H24N7NaO9S2. The number of thiazole rings is 1. The van der Waals surface area contributed by atoms with E-state index in [9.17, 15) is 32.1 Å². The van der Waals surface area contributed by atoms with Gasteiger partial charge < -0.3 is 31.3 Å². The monoisotopic (exact) mass is 557 g/mol. The number of nitrogen functional groups attached to an aromatic ring is 1. The summed E-state index contributed by atoms with van der Waals surface area (Å²) in [4.78, 5) is 59.0. The standard InChI is InChI=1S/C17H23N7O9S2.Na.H/c18-16-20-9(8-34-16)12(22-33-7-11(25)23-4-2-1-3-5-23)14(26)21-13-10(6-32-17(19)28)24(15(13)27)35(29,30)31;;/h8,10,13H,1-7H2,(H2,18,20)(H2,19,28)(H,21,26)(H,29,30,31);;/b22-12-;;/t10-,13+;;/m1../s1. The van der Waals surface area contributed by atoms with Gasteiger partial charge in [-0.05, 0) is 19.3 Å². The van der Waals surface area contributed by atoms with Crippen LogP contribution in [0, 0.1) is 0 Å². The van der Waals surface area contributed by atoms with E-state index in [0.29, 0.717) is 13.1 Å². The van der Waals surface area contributed by atoms with E-state index < -0.39 is 59.2 Å². The summed E-state index contributed by atoms with van der Waals surface area (Å²) < 4.78 is 36.8. The van der Waals surface area contributed by atoms with E-state index in [1.165, 1.54) is 5.38 Å². The third-order valence-corrected chi connectivity index (χ3v) is 6.75. The Labute approximate surface area is 231 Å². The van der Waals surface area contributed by atoms with E-state index in [-0.39, 0.29) is 50.6 Å². The van der Waals surface area contributed by atoms with Crippen LogP contribution in [0.4, 0.5) is 9.93 Å². The third-order valence-electron chi connectivity index (χ3n) is 5.13. The molecule has 3 heterocycles. The predicted octanol–water partition coefficient (Wildman–Crippen LogP) is -2.60. The van der Waals surface area contributed by atoms with Crippen LogP contribution in [0.3, 0.4) is 0 Å². The molecule has 1 aromatic heterocycles. The fourth-order valence-electron chi connectivity index (χ4n) is 3.49. The van der Waals surface area contributed by atoms with E-state index in [2.05, 4.69) is 20.2 Å². The minimum atomic E-state index is -5.01. The number of oxime groups is 1. The normalized spacial score (nSPS) is 20.1. The van der Waals surface area contributed by atoms with E-state index in [1.54, 1.807) is 4.90 Å². The molecule has 0 unspecified atom stereocenters. The molecule has 0 radical (unpaired) electrons. The quantitative estimate of drug-likeness (QED) is 0.0807. The van der Waals surface area contributed by atoms with Crippen molar-refractivity contribution in [3.05, 3.63) is 11.1 Å². The summed E-state index contributed by atoms with van der Waals surface area (Å²) in [6.45, 7) is -0.0114. The van der Waals surface area contributed by atoms with Crippen molar-refractivity contribution < 1.29 is 41.7 Å². The van der Waals surface area contributed by atoms with Gasteiger partial charge in [-0.15, -0.1) is 11.3 Å². The molecule has 6 N–H and O–H groups in total. The van der Waals surface area contributed by atoms with Crippen LogP contribution in [0.25, 0.3) is 0 Å². The van der Waals surface area contributed by atoms with Crippen molar-refractivity contribution in [2.45, 2.75) is 31.3 Å². The van der Waals surface area contributed by atoms with Crippen LogP contribution in [0.2, 0.25) is 0 Å². The molecule has 1 aromatic rings. The van der Waals surface area contributed by atoms with Crippen molar-refractivity contribution in [1.29, 1.82) is 0 Å². The van der Waals surface area contributed by atoms with Crippen molar-refractivity contribution in [1.82, 2.24) is 19.5 Å². The Bertz CT molecular complexity index is 1140. The Morgan fingerprint density at radius 1 is 1.28 bits per heavy atom. The molecule has 0 saturated carbocycles. The number of nitrogens with zero attached hydrogens (tertiary/aromatic N) is 4. The topological polar surface area (TPSA) is 237 Å². The third kappa shape index (κ3) is 7.26. The molecule has 19 heteroatoms. The van der Waals surface area contributed by atoms with Gasteiger partial charge >= 0.3 is 46.0 Å². The maximum atomic E-state index is 12.9. The van der Waals surface area contributed by atoms with Gasteiger partial charge in [0.2, 0.25) is 0 Å². The number of β-lactam (4-membered cyclic amide) rings is 1. The van der Waals surface area contributed by atoms with Crippen LogP contribution in [-0.4, -0.2) is 125 Å². The number of ether oxygens (including phenoxy) is 1. The molecule has 36 heavy (non-hydrogen) atoms. The van der Waals surface area contributed by atoms with Crippen LogP contribution >= 0.6 is 11.3 Å². The predicted molar refractivity (Wildman–Crippen MR) is 126 cm³/mol. The zero-order valence-corrected chi connectivity index (χ0v) is 19.8. The Hall–Kier alpha value is -2.51. The second-order valence-corrected chi connectivity index (χ2v) is 9.66. The summed E-state index contributed by atoms with van der Waals surface area (Å²) in [6, 6.07) is -3.00. The molecule has 16 nitrogen and oxygen atoms in total. The van der Waals surface area contributed by atoms with Crippen molar-refractivity contribution in [2.75, 3.05) is 32.0 Å². The summed E-state index contributed by atoms with van der Waals surface area (Å²) in [6.07, 6.45) is 1.50. The van der Waals surface area contributed by atoms with Gasteiger partial charge in [-0.3, -0.25) is 18.9 Å². The number of hydrogen-bond donors (Lipinski definition) is 4. The number of amides is 4. The van der Waals surface area contributed by atoms with Gasteiger partial charge in [0.25, 0.3) is 17.7 Å². The fourth-order valence-corrected chi connectivity index (χ4v) is 4.90. The number of aromatic nitrogens is 1. The number of carbonyl (C=O) groups excluding carboxylic acids is 4. The number of nitrogens with one attached hydrogen (secondary N) is 1. The van der Waals surface area contributed by atoms with Crippen molar-refractivity contribution in [3.63, 3.8) is 0 Å². The number of rotatable bonds is 9.